The summed E-state index contributed by atoms with van der Waals surface area (Å²) in [7, 11) is 1.78. The van der Waals surface area contributed by atoms with Crippen LogP contribution in [0.5, 0.6) is 0 Å². The van der Waals surface area contributed by atoms with E-state index in [0.717, 1.165) is 19.1 Å². The first-order valence-corrected chi connectivity index (χ1v) is 5.25. The van der Waals surface area contributed by atoms with Crippen molar-refractivity contribution in [1.82, 2.24) is 4.90 Å². The van der Waals surface area contributed by atoms with Gasteiger partial charge in [-0.2, -0.15) is 0 Å². The number of piperidine rings is 1. The normalized spacial score (nSPS) is 29.1. The topological polar surface area (TPSA) is 12.5 Å². The van der Waals surface area contributed by atoms with E-state index in [0.29, 0.717) is 5.41 Å². The molecule has 13 heavy (non-hydrogen) atoms. The van der Waals surface area contributed by atoms with E-state index in [9.17, 15) is 0 Å². The predicted octanol–water partition coefficient (Wildman–Crippen LogP) is 2.00. The zero-order chi connectivity index (χ0) is 9.90. The molecule has 1 atom stereocenters. The van der Waals surface area contributed by atoms with Crippen molar-refractivity contribution >= 4 is 0 Å². The standard InChI is InChI=1S/C11H23NO/c1-10-7-11(2,3)9-12(8-10)5-6-13-4/h10H,5-9H2,1-4H3. The van der Waals surface area contributed by atoms with Crippen molar-refractivity contribution in [3.05, 3.63) is 0 Å². The molecule has 1 unspecified atom stereocenters. The van der Waals surface area contributed by atoms with E-state index in [2.05, 4.69) is 25.7 Å². The first-order valence-electron chi connectivity index (χ1n) is 5.25. The minimum atomic E-state index is 0.491. The first kappa shape index (κ1) is 11.0. The molecule has 0 radical (unpaired) electrons. The van der Waals surface area contributed by atoms with Crippen molar-refractivity contribution in [2.75, 3.05) is 33.4 Å². The number of methoxy groups -OCH3 is 1. The molecule has 1 saturated heterocycles. The van der Waals surface area contributed by atoms with E-state index in [-0.39, 0.29) is 0 Å². The quantitative estimate of drug-likeness (QED) is 0.667. The third kappa shape index (κ3) is 3.65. The third-order valence-electron chi connectivity index (χ3n) is 2.73. The summed E-state index contributed by atoms with van der Waals surface area (Å²) < 4.78 is 5.11. The predicted molar refractivity (Wildman–Crippen MR) is 55.9 cm³/mol. The smallest absolute Gasteiger partial charge is 0.0589 e. The fourth-order valence-electron chi connectivity index (χ4n) is 2.57. The molecule has 0 N–H and O–H groups in total. The molecule has 1 aliphatic rings. The number of hydrogen-bond donors (Lipinski definition) is 0. The Hall–Kier alpha value is -0.0800. The molecule has 0 aromatic rings. The van der Waals surface area contributed by atoms with Gasteiger partial charge in [0.15, 0.2) is 0 Å². The molecule has 1 fully saturated rings. The van der Waals surface area contributed by atoms with Crippen LogP contribution in [0.25, 0.3) is 0 Å². The maximum Gasteiger partial charge on any atom is 0.0589 e. The van der Waals surface area contributed by atoms with Crippen LogP contribution in [0.4, 0.5) is 0 Å². The molecule has 1 aliphatic heterocycles. The van der Waals surface area contributed by atoms with E-state index in [1.165, 1.54) is 19.5 Å². The lowest BCUT2D eigenvalue weighted by molar-refractivity contribution is 0.0566. The lowest BCUT2D eigenvalue weighted by atomic mass is 9.79. The molecule has 0 amide bonds. The number of ether oxygens (including phenoxy) is 1. The Morgan fingerprint density at radius 2 is 2.15 bits per heavy atom. The van der Waals surface area contributed by atoms with Gasteiger partial charge in [-0.3, -0.25) is 0 Å². The van der Waals surface area contributed by atoms with Crippen LogP contribution in [-0.4, -0.2) is 38.3 Å². The highest BCUT2D eigenvalue weighted by Crippen LogP contribution is 2.31. The van der Waals surface area contributed by atoms with Gasteiger partial charge in [-0.1, -0.05) is 20.8 Å². The molecule has 0 aromatic heterocycles. The Kier molecular flexibility index (Phi) is 3.74. The number of hydrogen-bond acceptors (Lipinski definition) is 2. The molecular weight excluding hydrogens is 162 g/mol. The second-order valence-corrected chi connectivity index (χ2v) is 5.20. The molecule has 0 aliphatic carbocycles. The SMILES string of the molecule is COCCN1CC(C)CC(C)(C)C1. The lowest BCUT2D eigenvalue weighted by Gasteiger charge is -2.41. The van der Waals surface area contributed by atoms with Crippen LogP contribution in [0, 0.1) is 11.3 Å². The average molecular weight is 185 g/mol. The van der Waals surface area contributed by atoms with Crippen molar-refractivity contribution < 1.29 is 4.74 Å². The van der Waals surface area contributed by atoms with Crippen LogP contribution in [0.15, 0.2) is 0 Å². The largest absolute Gasteiger partial charge is 0.383 e. The summed E-state index contributed by atoms with van der Waals surface area (Å²) in [4.78, 5) is 2.53. The highest BCUT2D eigenvalue weighted by molar-refractivity contribution is 4.82. The molecule has 1 rings (SSSR count). The fraction of sp³-hybridized carbons (Fsp3) is 1.00. The summed E-state index contributed by atoms with van der Waals surface area (Å²) in [6.07, 6.45) is 1.36. The van der Waals surface area contributed by atoms with Crippen LogP contribution in [-0.2, 0) is 4.74 Å². The van der Waals surface area contributed by atoms with Gasteiger partial charge in [0.1, 0.15) is 0 Å². The van der Waals surface area contributed by atoms with E-state index >= 15 is 0 Å². The summed E-state index contributed by atoms with van der Waals surface area (Å²) in [5, 5.41) is 0. The van der Waals surface area contributed by atoms with Crippen molar-refractivity contribution in [3.63, 3.8) is 0 Å². The summed E-state index contributed by atoms with van der Waals surface area (Å²) in [5.41, 5.74) is 0.491. The summed E-state index contributed by atoms with van der Waals surface area (Å²) in [6.45, 7) is 11.5. The van der Waals surface area contributed by atoms with Crippen LogP contribution in [0.1, 0.15) is 27.2 Å². The minimum absolute atomic E-state index is 0.491. The maximum absolute atomic E-state index is 5.11. The van der Waals surface area contributed by atoms with Gasteiger partial charge in [0.05, 0.1) is 6.61 Å². The molecule has 0 bridgehead atoms. The van der Waals surface area contributed by atoms with Crippen molar-refractivity contribution in [2.45, 2.75) is 27.2 Å². The highest BCUT2D eigenvalue weighted by Gasteiger charge is 2.29. The van der Waals surface area contributed by atoms with Crippen molar-refractivity contribution in [1.29, 1.82) is 0 Å². The Balaban J connectivity index is 2.38. The van der Waals surface area contributed by atoms with Gasteiger partial charge in [0, 0.05) is 26.7 Å². The van der Waals surface area contributed by atoms with Gasteiger partial charge in [-0.15, -0.1) is 0 Å². The van der Waals surface area contributed by atoms with Crippen LogP contribution in [0.3, 0.4) is 0 Å². The minimum Gasteiger partial charge on any atom is -0.383 e. The Bertz CT molecular complexity index is 156. The number of likely N-dealkylation sites (tertiary alicyclic amines) is 1. The second kappa shape index (κ2) is 4.43. The molecule has 1 heterocycles. The Labute approximate surface area is 82.3 Å². The molecule has 0 spiro atoms. The van der Waals surface area contributed by atoms with Crippen molar-refractivity contribution in [2.24, 2.45) is 11.3 Å². The van der Waals surface area contributed by atoms with Crippen molar-refractivity contribution in [3.8, 4) is 0 Å². The molecule has 2 heteroatoms. The fourth-order valence-corrected chi connectivity index (χ4v) is 2.57. The number of nitrogens with zero attached hydrogens (tertiary/aromatic N) is 1. The molecule has 78 valence electrons. The summed E-state index contributed by atoms with van der Waals surface area (Å²) in [5.74, 6) is 0.834. The molecule has 0 aromatic carbocycles. The van der Waals surface area contributed by atoms with Crippen LogP contribution < -0.4 is 0 Å². The Morgan fingerprint density at radius 3 is 2.69 bits per heavy atom. The van der Waals surface area contributed by atoms with Gasteiger partial charge in [-0.05, 0) is 17.8 Å². The summed E-state index contributed by atoms with van der Waals surface area (Å²) >= 11 is 0. The van der Waals surface area contributed by atoms with E-state index in [1.54, 1.807) is 7.11 Å². The zero-order valence-electron chi connectivity index (χ0n) is 9.47. The van der Waals surface area contributed by atoms with E-state index < -0.39 is 0 Å². The Morgan fingerprint density at radius 1 is 1.46 bits per heavy atom. The second-order valence-electron chi connectivity index (χ2n) is 5.20. The average Bonchev–Trinajstić information content (AvgIpc) is 1.97. The lowest BCUT2D eigenvalue weighted by Crippen LogP contribution is -2.45. The van der Waals surface area contributed by atoms with Gasteiger partial charge >= 0.3 is 0 Å². The third-order valence-corrected chi connectivity index (χ3v) is 2.73. The highest BCUT2D eigenvalue weighted by atomic mass is 16.5. The van der Waals surface area contributed by atoms with Gasteiger partial charge in [-0.25, -0.2) is 0 Å². The maximum atomic E-state index is 5.11. The molecule has 2 nitrogen and oxygen atoms in total. The van der Waals surface area contributed by atoms with Crippen LogP contribution in [0.2, 0.25) is 0 Å². The van der Waals surface area contributed by atoms with Gasteiger partial charge in [0.2, 0.25) is 0 Å². The summed E-state index contributed by atoms with van der Waals surface area (Å²) in [6, 6.07) is 0. The van der Waals surface area contributed by atoms with Gasteiger partial charge < -0.3 is 9.64 Å². The van der Waals surface area contributed by atoms with Gasteiger partial charge in [0.25, 0.3) is 0 Å². The number of rotatable bonds is 3. The zero-order valence-corrected chi connectivity index (χ0v) is 9.47. The van der Waals surface area contributed by atoms with E-state index in [1.807, 2.05) is 0 Å². The molecular formula is C11H23NO. The first-order chi connectivity index (χ1) is 6.03. The van der Waals surface area contributed by atoms with E-state index in [4.69, 9.17) is 4.74 Å². The monoisotopic (exact) mass is 185 g/mol. The van der Waals surface area contributed by atoms with Crippen LogP contribution >= 0.6 is 0 Å². The molecule has 0 saturated carbocycles.